The van der Waals surface area contributed by atoms with Crippen molar-refractivity contribution < 1.29 is 0 Å². The minimum absolute atomic E-state index is 1.22. The van der Waals surface area contributed by atoms with Crippen LogP contribution < -0.4 is 0 Å². The van der Waals surface area contributed by atoms with Crippen molar-refractivity contribution in [3.8, 4) is 0 Å². The summed E-state index contributed by atoms with van der Waals surface area (Å²) in [4.78, 5) is 0. The Morgan fingerprint density at radius 1 is 0.250 bits per heavy atom. The zero-order valence-electron chi connectivity index (χ0n) is 18.2. The summed E-state index contributed by atoms with van der Waals surface area (Å²) in [5.74, 6) is 0. The van der Waals surface area contributed by atoms with Crippen molar-refractivity contribution >= 4 is 24.3 Å². The van der Waals surface area contributed by atoms with Crippen molar-refractivity contribution in [2.75, 3.05) is 0 Å². The minimum atomic E-state index is 1.22. The Bertz CT molecular complexity index is 928. The van der Waals surface area contributed by atoms with Crippen LogP contribution in [0.25, 0.3) is 24.3 Å². The van der Waals surface area contributed by atoms with Gasteiger partial charge < -0.3 is 0 Å². The molecule has 0 heteroatoms. The van der Waals surface area contributed by atoms with Crippen LogP contribution >= 0.6 is 0 Å². The fourth-order valence-electron chi connectivity index (χ4n) is 2.92. The van der Waals surface area contributed by atoms with E-state index in [9.17, 15) is 0 Å². The van der Waals surface area contributed by atoms with Gasteiger partial charge in [0.05, 0.1) is 0 Å². The average Bonchev–Trinajstić information content (AvgIpc) is 2.88. The molecule has 0 spiro atoms. The van der Waals surface area contributed by atoms with Crippen LogP contribution in [0, 0.1) is 0 Å². The van der Waals surface area contributed by atoms with Gasteiger partial charge in [0.15, 0.2) is 0 Å². The maximum Gasteiger partial charge on any atom is -0.0257 e. The average molecular weight is 413 g/mol. The molecule has 0 saturated carbocycles. The Hall–Kier alpha value is -4.16. The molecule has 4 rings (SSSR count). The molecule has 0 heterocycles. The molecular weight excluding hydrogens is 384 g/mol. The van der Waals surface area contributed by atoms with E-state index in [2.05, 4.69) is 97.1 Å². The lowest BCUT2D eigenvalue weighted by Gasteiger charge is -1.90. The molecule has 0 fully saturated rings. The van der Waals surface area contributed by atoms with Gasteiger partial charge in [-0.2, -0.15) is 0 Å². The second-order valence-corrected chi connectivity index (χ2v) is 7.08. The van der Waals surface area contributed by atoms with Crippen molar-refractivity contribution in [2.24, 2.45) is 0 Å². The highest BCUT2D eigenvalue weighted by atomic mass is 13.9. The smallest absolute Gasteiger partial charge is 0.0257 e. The van der Waals surface area contributed by atoms with Gasteiger partial charge in [0.2, 0.25) is 0 Å². The van der Waals surface area contributed by atoms with Gasteiger partial charge in [-0.1, -0.05) is 170 Å². The Morgan fingerprint density at radius 2 is 0.438 bits per heavy atom. The van der Waals surface area contributed by atoms with E-state index in [-0.39, 0.29) is 0 Å². The van der Waals surface area contributed by atoms with E-state index in [1.165, 1.54) is 22.3 Å². The van der Waals surface area contributed by atoms with Gasteiger partial charge in [-0.05, 0) is 22.3 Å². The van der Waals surface area contributed by atoms with Crippen LogP contribution in [0.15, 0.2) is 146 Å². The molecule has 0 amide bonds. The Morgan fingerprint density at radius 3 is 0.625 bits per heavy atom. The van der Waals surface area contributed by atoms with E-state index in [1.54, 1.807) is 0 Å². The monoisotopic (exact) mass is 412 g/mol. The Kier molecular flexibility index (Phi) is 9.82. The quantitative estimate of drug-likeness (QED) is 0.277. The third-order valence-corrected chi connectivity index (χ3v) is 4.58. The first kappa shape index (κ1) is 22.5. The van der Waals surface area contributed by atoms with Crippen LogP contribution in [-0.4, -0.2) is 0 Å². The van der Waals surface area contributed by atoms with E-state index in [0.29, 0.717) is 0 Å². The van der Waals surface area contributed by atoms with Crippen molar-refractivity contribution in [3.63, 3.8) is 0 Å². The van der Waals surface area contributed by atoms with Crippen molar-refractivity contribution in [3.05, 3.63) is 168 Å². The highest BCUT2D eigenvalue weighted by Crippen LogP contribution is 2.05. The first-order chi connectivity index (χ1) is 15.9. The van der Waals surface area contributed by atoms with E-state index >= 15 is 0 Å². The van der Waals surface area contributed by atoms with Gasteiger partial charge >= 0.3 is 0 Å². The molecule has 0 nitrogen and oxygen atoms in total. The van der Waals surface area contributed by atoms with Crippen LogP contribution in [0.2, 0.25) is 0 Å². The summed E-state index contributed by atoms with van der Waals surface area (Å²) >= 11 is 0. The predicted molar refractivity (Wildman–Crippen MR) is 142 cm³/mol. The van der Waals surface area contributed by atoms with Crippen LogP contribution in [-0.2, 0) is 0 Å². The first-order valence-electron chi connectivity index (χ1n) is 10.8. The second-order valence-electron chi connectivity index (χ2n) is 7.08. The molecule has 0 aliphatic rings. The molecule has 0 unspecified atom stereocenters. The van der Waals surface area contributed by atoms with Gasteiger partial charge in [0, 0.05) is 0 Å². The fraction of sp³-hybridized carbons (Fsp3) is 0. The van der Waals surface area contributed by atoms with Crippen molar-refractivity contribution in [2.45, 2.75) is 0 Å². The van der Waals surface area contributed by atoms with Crippen molar-refractivity contribution in [1.29, 1.82) is 0 Å². The zero-order valence-corrected chi connectivity index (χ0v) is 18.2. The van der Waals surface area contributed by atoms with Gasteiger partial charge in [-0.3, -0.25) is 0 Å². The Balaban J connectivity index is 0.000000181. The lowest BCUT2D eigenvalue weighted by Crippen LogP contribution is -1.68. The molecule has 0 aliphatic heterocycles. The first-order valence-corrected chi connectivity index (χ1v) is 10.8. The molecular formula is C32H28. The molecule has 156 valence electrons. The fourth-order valence-corrected chi connectivity index (χ4v) is 2.92. The minimum Gasteiger partial charge on any atom is -0.0622 e. The summed E-state index contributed by atoms with van der Waals surface area (Å²) in [6.07, 6.45) is 16.6. The molecule has 0 aromatic heterocycles. The van der Waals surface area contributed by atoms with E-state index < -0.39 is 0 Å². The number of hydrogen-bond donors (Lipinski definition) is 0. The summed E-state index contributed by atoms with van der Waals surface area (Å²) in [5.41, 5.74) is 4.89. The van der Waals surface area contributed by atoms with E-state index in [0.717, 1.165) is 0 Å². The molecule has 4 aromatic carbocycles. The summed E-state index contributed by atoms with van der Waals surface area (Å²) in [6, 6.07) is 41.2. The maximum atomic E-state index is 2.10. The standard InChI is InChI=1S/2C16H14/c2*1-3-9-15(10-4-1)13-7-8-14-16-11-5-2-6-12-16/h2*1-14H. The lowest BCUT2D eigenvalue weighted by molar-refractivity contribution is 1.65. The van der Waals surface area contributed by atoms with E-state index in [1.807, 2.05) is 72.8 Å². The third kappa shape index (κ3) is 9.11. The zero-order chi connectivity index (χ0) is 22.1. The lowest BCUT2D eigenvalue weighted by atomic mass is 10.2. The third-order valence-electron chi connectivity index (χ3n) is 4.58. The molecule has 0 bridgehead atoms. The van der Waals surface area contributed by atoms with Gasteiger partial charge in [-0.25, -0.2) is 0 Å². The highest BCUT2D eigenvalue weighted by Gasteiger charge is 1.83. The molecule has 4 aromatic rings. The molecule has 0 aliphatic carbocycles. The summed E-state index contributed by atoms with van der Waals surface area (Å²) in [6.45, 7) is 0. The van der Waals surface area contributed by atoms with Gasteiger partial charge in [0.25, 0.3) is 0 Å². The predicted octanol–water partition coefficient (Wildman–Crippen LogP) is 8.83. The summed E-state index contributed by atoms with van der Waals surface area (Å²) < 4.78 is 0. The van der Waals surface area contributed by atoms with Gasteiger partial charge in [0.1, 0.15) is 0 Å². The van der Waals surface area contributed by atoms with Crippen LogP contribution in [0.3, 0.4) is 0 Å². The van der Waals surface area contributed by atoms with Crippen LogP contribution in [0.1, 0.15) is 22.3 Å². The second kappa shape index (κ2) is 14.0. The molecule has 32 heavy (non-hydrogen) atoms. The molecule has 0 radical (unpaired) electrons. The van der Waals surface area contributed by atoms with E-state index in [4.69, 9.17) is 0 Å². The molecule has 0 saturated heterocycles. The van der Waals surface area contributed by atoms with Crippen LogP contribution in [0.4, 0.5) is 0 Å². The summed E-state index contributed by atoms with van der Waals surface area (Å²) in [5, 5.41) is 0. The SMILES string of the molecule is C(C=Cc1ccccc1)=Cc1ccccc1.C(C=Cc1ccccc1)=Cc1ccccc1. The van der Waals surface area contributed by atoms with Crippen LogP contribution in [0.5, 0.6) is 0 Å². The largest absolute Gasteiger partial charge is 0.0622 e. The normalized spacial score (nSPS) is 11.2. The number of hydrogen-bond acceptors (Lipinski definition) is 0. The number of rotatable bonds is 6. The topological polar surface area (TPSA) is 0 Å². The Labute approximate surface area is 192 Å². The number of benzene rings is 4. The van der Waals surface area contributed by atoms with Crippen molar-refractivity contribution in [1.82, 2.24) is 0 Å². The highest BCUT2D eigenvalue weighted by molar-refractivity contribution is 5.57. The molecule has 0 N–H and O–H groups in total. The number of allylic oxidation sites excluding steroid dienone is 4. The summed E-state index contributed by atoms with van der Waals surface area (Å²) in [7, 11) is 0. The molecule has 0 atom stereocenters. The van der Waals surface area contributed by atoms with Gasteiger partial charge in [-0.15, -0.1) is 0 Å². The maximum absolute atomic E-state index is 2.10.